The van der Waals surface area contributed by atoms with Crippen LogP contribution in [0.15, 0.2) is 12.1 Å². The van der Waals surface area contributed by atoms with E-state index in [9.17, 15) is 13.6 Å². The number of methoxy groups -OCH3 is 1. The molecule has 0 aliphatic carbocycles. The van der Waals surface area contributed by atoms with Crippen molar-refractivity contribution in [1.29, 1.82) is 0 Å². The van der Waals surface area contributed by atoms with Crippen LogP contribution in [0, 0.1) is 17.7 Å². The van der Waals surface area contributed by atoms with Crippen molar-refractivity contribution in [2.24, 2.45) is 0 Å². The van der Waals surface area contributed by atoms with E-state index in [0.717, 1.165) is 12.1 Å². The molecule has 1 radical (unpaired) electrons. The second kappa shape index (κ2) is 9.06. The Morgan fingerprint density at radius 3 is 2.52 bits per heavy atom. The van der Waals surface area contributed by atoms with Gasteiger partial charge in [-0.3, -0.25) is 4.79 Å². The van der Waals surface area contributed by atoms with Gasteiger partial charge in [-0.2, -0.15) is 0 Å². The smallest absolute Gasteiger partial charge is 0.241 e. The van der Waals surface area contributed by atoms with Crippen molar-refractivity contribution < 1.29 is 55.8 Å². The number of benzene rings is 1. The first-order chi connectivity index (χ1) is 10.5. The normalized spacial score (nSPS) is 17.6. The van der Waals surface area contributed by atoms with Gasteiger partial charge < -0.3 is 14.4 Å². The Labute approximate surface area is 163 Å². The number of allylic oxidation sites excluding steroid dienone is 1. The summed E-state index contributed by atoms with van der Waals surface area (Å²) in [6, 6.07) is 2.08. The summed E-state index contributed by atoms with van der Waals surface area (Å²) in [5, 5.41) is -0.765. The molecule has 1 amide bonds. The summed E-state index contributed by atoms with van der Waals surface area (Å²) in [6.45, 7) is 1.81. The molecule has 0 saturated heterocycles. The van der Waals surface area contributed by atoms with Crippen LogP contribution in [0.25, 0.3) is 5.70 Å². The van der Waals surface area contributed by atoms with Crippen molar-refractivity contribution in [3.63, 3.8) is 0 Å². The van der Waals surface area contributed by atoms with Gasteiger partial charge in [-0.05, 0) is 19.1 Å². The van der Waals surface area contributed by atoms with E-state index in [1.807, 2.05) is 0 Å². The summed E-state index contributed by atoms with van der Waals surface area (Å²) in [7, 11) is 1.40. The number of alkyl halides is 1. The number of amides is 1. The molecule has 1 atom stereocenters. The van der Waals surface area contributed by atoms with Gasteiger partial charge in [-0.15, -0.1) is 17.3 Å². The molecule has 2 rings (SSSR count). The van der Waals surface area contributed by atoms with Crippen LogP contribution in [0.2, 0.25) is 0 Å². The van der Waals surface area contributed by atoms with Gasteiger partial charge in [0.1, 0.15) is 11.1 Å². The van der Waals surface area contributed by atoms with Crippen molar-refractivity contribution >= 4 is 23.2 Å². The molecule has 1 aliphatic rings. The number of carbonyl (C=O) groups excluding carboxylic acids is 1. The van der Waals surface area contributed by atoms with Gasteiger partial charge >= 0.3 is 0 Å². The molecule has 0 aromatic heterocycles. The fourth-order valence-corrected chi connectivity index (χ4v) is 2.37. The van der Waals surface area contributed by atoms with E-state index in [-0.39, 0.29) is 69.5 Å². The molecule has 123 valence electrons. The van der Waals surface area contributed by atoms with Gasteiger partial charge in [0, 0.05) is 46.4 Å². The average molecular weight is 420 g/mol. The van der Waals surface area contributed by atoms with Crippen molar-refractivity contribution in [2.75, 3.05) is 20.4 Å². The maximum atomic E-state index is 14.3. The molecule has 0 fully saturated rings. The van der Waals surface area contributed by atoms with Crippen molar-refractivity contribution in [3.8, 4) is 5.75 Å². The van der Waals surface area contributed by atoms with E-state index >= 15 is 0 Å². The minimum atomic E-state index is -0.840. The summed E-state index contributed by atoms with van der Waals surface area (Å²) < 4.78 is 38.2. The van der Waals surface area contributed by atoms with Crippen molar-refractivity contribution in [1.82, 2.24) is 4.90 Å². The van der Waals surface area contributed by atoms with Crippen molar-refractivity contribution in [2.45, 2.75) is 18.7 Å². The number of rotatable bonds is 5. The van der Waals surface area contributed by atoms with Gasteiger partial charge in [-0.1, -0.05) is 12.0 Å². The fraction of sp³-hybridized carbons (Fsp3) is 0.400. The number of carbonyl (C=O) groups is 1. The van der Waals surface area contributed by atoms with E-state index in [1.165, 1.54) is 12.0 Å². The monoisotopic (exact) mass is 419 g/mol. The summed E-state index contributed by atoms with van der Waals surface area (Å²) in [6.07, 6.45) is 2.91. The summed E-state index contributed by atoms with van der Waals surface area (Å²) in [5.41, 5.74) is -0.249. The quantitative estimate of drug-likeness (QED) is 0.418. The second-order valence-corrected chi connectivity index (χ2v) is 5.12. The third-order valence-electron chi connectivity index (χ3n) is 3.16. The second-order valence-electron chi connectivity index (χ2n) is 4.59. The first kappa shape index (κ1) is 20.5. The summed E-state index contributed by atoms with van der Waals surface area (Å²) in [4.78, 5) is 13.2. The Kier molecular flexibility index (Phi) is 8.07. The molecule has 23 heavy (non-hydrogen) atoms. The number of hydrogen-bond donors (Lipinski definition) is 0. The fourth-order valence-electron chi connectivity index (χ4n) is 2.17. The standard InChI is InChI=1S/C15H15ClF2NO3.Y/c1-3-19-13(5-4-10(16)15(19)20)14-11(17)6-9(7-12(14)18)22-8-21-2;/h6-7,10H,3-4,8H2,1-2H3;/q-1;. The van der Waals surface area contributed by atoms with Crippen LogP contribution in [0.4, 0.5) is 8.78 Å². The molecule has 1 aromatic carbocycles. The topological polar surface area (TPSA) is 38.8 Å². The van der Waals surface area contributed by atoms with E-state index in [2.05, 4.69) is 10.8 Å². The zero-order valence-electron chi connectivity index (χ0n) is 12.7. The molecule has 0 saturated carbocycles. The predicted molar refractivity (Wildman–Crippen MR) is 77.2 cm³/mol. The van der Waals surface area contributed by atoms with Crippen LogP contribution < -0.4 is 4.74 Å². The number of halogens is 3. The average Bonchev–Trinajstić information content (AvgIpc) is 2.48. The molecular weight excluding hydrogens is 405 g/mol. The van der Waals surface area contributed by atoms with Crippen molar-refractivity contribution in [3.05, 3.63) is 35.4 Å². The van der Waals surface area contributed by atoms with Crippen LogP contribution in [0.5, 0.6) is 5.75 Å². The van der Waals surface area contributed by atoms with Crippen LogP contribution in [0.1, 0.15) is 18.9 Å². The zero-order valence-corrected chi connectivity index (χ0v) is 16.3. The minimum Gasteiger partial charge on any atom is -0.467 e. The van der Waals surface area contributed by atoms with Gasteiger partial charge in [0.05, 0.1) is 11.6 Å². The number of hydrogen-bond acceptors (Lipinski definition) is 3. The molecule has 1 aromatic rings. The van der Waals surface area contributed by atoms with E-state index in [0.29, 0.717) is 0 Å². The third-order valence-corrected chi connectivity index (χ3v) is 3.51. The van der Waals surface area contributed by atoms with Crippen LogP contribution >= 0.6 is 11.6 Å². The molecule has 1 heterocycles. The predicted octanol–water partition coefficient (Wildman–Crippen LogP) is 2.95. The maximum absolute atomic E-state index is 14.3. The first-order valence-corrected chi connectivity index (χ1v) is 7.10. The SMILES string of the molecule is CCN1C(=O)C(Cl)C[C-]=C1c1c(F)cc(OCOC)cc1F.[Y]. The van der Waals surface area contributed by atoms with Crippen LogP contribution in [-0.2, 0) is 42.2 Å². The summed E-state index contributed by atoms with van der Waals surface area (Å²) >= 11 is 5.87. The molecule has 8 heteroatoms. The number of nitrogens with zero attached hydrogens (tertiary/aromatic N) is 1. The molecule has 1 aliphatic heterocycles. The molecule has 0 N–H and O–H groups in total. The molecule has 4 nitrogen and oxygen atoms in total. The van der Waals surface area contributed by atoms with Crippen LogP contribution in [0.3, 0.4) is 0 Å². The third kappa shape index (κ3) is 4.50. The molecule has 0 bridgehead atoms. The van der Waals surface area contributed by atoms with E-state index in [1.54, 1.807) is 6.92 Å². The Balaban J connectivity index is 0.00000264. The van der Waals surface area contributed by atoms with Crippen LogP contribution in [-0.4, -0.2) is 36.6 Å². The summed E-state index contributed by atoms with van der Waals surface area (Å²) in [5.74, 6) is -2.07. The van der Waals surface area contributed by atoms with Gasteiger partial charge in [-0.25, -0.2) is 14.9 Å². The number of ether oxygens (including phenoxy) is 2. The Morgan fingerprint density at radius 1 is 1.39 bits per heavy atom. The molecular formula is C15H15ClF2NO3Y-. The van der Waals surface area contributed by atoms with Gasteiger partial charge in [0.2, 0.25) is 5.91 Å². The Hall–Kier alpha value is -0.556. The first-order valence-electron chi connectivity index (χ1n) is 6.67. The maximum Gasteiger partial charge on any atom is 0.241 e. The molecule has 1 unspecified atom stereocenters. The Morgan fingerprint density at radius 2 is 2.00 bits per heavy atom. The Bertz CT molecular complexity index is 589. The zero-order chi connectivity index (χ0) is 16.3. The largest absolute Gasteiger partial charge is 0.467 e. The van der Waals surface area contributed by atoms with E-state index in [4.69, 9.17) is 16.3 Å². The van der Waals surface area contributed by atoms with E-state index < -0.39 is 22.9 Å². The molecule has 0 spiro atoms. The van der Waals surface area contributed by atoms with Gasteiger partial charge in [0.15, 0.2) is 6.79 Å². The minimum absolute atomic E-state index is 0. The van der Waals surface area contributed by atoms with Gasteiger partial charge in [0.25, 0.3) is 0 Å².